The molecule has 1 aliphatic rings. The van der Waals surface area contributed by atoms with Gasteiger partial charge in [-0.15, -0.1) is 0 Å². The Kier molecular flexibility index (Phi) is 4.84. The number of hydrogen-bond acceptors (Lipinski definition) is 4. The SMILES string of the molecule is COc1c(CC(=O)O)cccc1OC1CCCN(C)C1. The topological polar surface area (TPSA) is 59.0 Å². The van der Waals surface area contributed by atoms with Crippen molar-refractivity contribution < 1.29 is 19.4 Å². The number of likely N-dealkylation sites (tertiary alicyclic amines) is 1. The average Bonchev–Trinajstić information content (AvgIpc) is 2.38. The fourth-order valence-corrected chi connectivity index (χ4v) is 2.58. The number of piperidine rings is 1. The molecular weight excluding hydrogens is 258 g/mol. The lowest BCUT2D eigenvalue weighted by molar-refractivity contribution is -0.136. The zero-order chi connectivity index (χ0) is 14.5. The van der Waals surface area contributed by atoms with E-state index in [0.717, 1.165) is 25.9 Å². The third-order valence-electron chi connectivity index (χ3n) is 3.48. The molecule has 1 aromatic carbocycles. The van der Waals surface area contributed by atoms with Gasteiger partial charge in [-0.2, -0.15) is 0 Å². The minimum absolute atomic E-state index is 0.0645. The molecule has 0 amide bonds. The van der Waals surface area contributed by atoms with Gasteiger partial charge in [0.05, 0.1) is 13.5 Å². The largest absolute Gasteiger partial charge is 0.493 e. The van der Waals surface area contributed by atoms with Crippen molar-refractivity contribution in [3.8, 4) is 11.5 Å². The number of para-hydroxylation sites is 1. The molecule has 5 nitrogen and oxygen atoms in total. The Morgan fingerprint density at radius 2 is 2.30 bits per heavy atom. The Bertz CT molecular complexity index is 475. The summed E-state index contributed by atoms with van der Waals surface area (Å²) in [5.41, 5.74) is 0.640. The van der Waals surface area contributed by atoms with Crippen LogP contribution in [0.3, 0.4) is 0 Å². The lowest BCUT2D eigenvalue weighted by atomic mass is 10.1. The van der Waals surface area contributed by atoms with Crippen molar-refractivity contribution in [2.45, 2.75) is 25.4 Å². The number of benzene rings is 1. The summed E-state index contributed by atoms with van der Waals surface area (Å²) in [4.78, 5) is 13.1. The van der Waals surface area contributed by atoms with Crippen LogP contribution in [0, 0.1) is 0 Å². The summed E-state index contributed by atoms with van der Waals surface area (Å²) in [5.74, 6) is 0.285. The van der Waals surface area contributed by atoms with Crippen LogP contribution in [-0.4, -0.2) is 49.3 Å². The maximum atomic E-state index is 10.9. The van der Waals surface area contributed by atoms with E-state index in [1.807, 2.05) is 12.1 Å². The molecule has 1 saturated heterocycles. The third-order valence-corrected chi connectivity index (χ3v) is 3.48. The van der Waals surface area contributed by atoms with Crippen LogP contribution in [0.4, 0.5) is 0 Å². The fraction of sp³-hybridized carbons (Fsp3) is 0.533. The summed E-state index contributed by atoms with van der Waals surface area (Å²) < 4.78 is 11.4. The van der Waals surface area contributed by atoms with E-state index in [1.165, 1.54) is 0 Å². The number of methoxy groups -OCH3 is 1. The first kappa shape index (κ1) is 14.7. The van der Waals surface area contributed by atoms with Crippen LogP contribution in [-0.2, 0) is 11.2 Å². The molecule has 1 atom stereocenters. The molecule has 1 N–H and O–H groups in total. The maximum Gasteiger partial charge on any atom is 0.307 e. The summed E-state index contributed by atoms with van der Waals surface area (Å²) in [7, 11) is 3.62. The molecule has 1 aliphatic heterocycles. The molecule has 110 valence electrons. The predicted octanol–water partition coefficient (Wildman–Crippen LogP) is 1.80. The normalized spacial score (nSPS) is 19.6. The maximum absolute atomic E-state index is 10.9. The molecule has 1 fully saturated rings. The van der Waals surface area contributed by atoms with Crippen molar-refractivity contribution >= 4 is 5.97 Å². The minimum atomic E-state index is -0.877. The van der Waals surface area contributed by atoms with Crippen LogP contribution in [0.25, 0.3) is 0 Å². The number of aliphatic carboxylic acids is 1. The number of ether oxygens (including phenoxy) is 2. The van der Waals surface area contributed by atoms with Gasteiger partial charge in [-0.1, -0.05) is 12.1 Å². The molecule has 5 heteroatoms. The van der Waals surface area contributed by atoms with Crippen LogP contribution in [0.2, 0.25) is 0 Å². The van der Waals surface area contributed by atoms with Crippen molar-refractivity contribution in [1.82, 2.24) is 4.90 Å². The highest BCUT2D eigenvalue weighted by atomic mass is 16.5. The molecule has 0 aromatic heterocycles. The molecule has 1 unspecified atom stereocenters. The summed E-state index contributed by atoms with van der Waals surface area (Å²) in [6.45, 7) is 1.97. The molecule has 20 heavy (non-hydrogen) atoms. The number of rotatable bonds is 5. The second-order valence-corrected chi connectivity index (χ2v) is 5.16. The number of nitrogens with zero attached hydrogens (tertiary/aromatic N) is 1. The Balaban J connectivity index is 2.16. The molecule has 0 spiro atoms. The van der Waals surface area contributed by atoms with Crippen LogP contribution >= 0.6 is 0 Å². The smallest absolute Gasteiger partial charge is 0.307 e. The zero-order valence-corrected chi connectivity index (χ0v) is 12.0. The van der Waals surface area contributed by atoms with E-state index in [1.54, 1.807) is 13.2 Å². The Hall–Kier alpha value is -1.75. The highest BCUT2D eigenvalue weighted by Crippen LogP contribution is 2.33. The van der Waals surface area contributed by atoms with Gasteiger partial charge in [0.15, 0.2) is 11.5 Å². The number of hydrogen-bond donors (Lipinski definition) is 1. The molecule has 1 aromatic rings. The van der Waals surface area contributed by atoms with E-state index in [2.05, 4.69) is 11.9 Å². The van der Waals surface area contributed by atoms with E-state index in [0.29, 0.717) is 17.1 Å². The first-order valence-electron chi connectivity index (χ1n) is 6.83. The van der Waals surface area contributed by atoms with E-state index in [-0.39, 0.29) is 12.5 Å². The lowest BCUT2D eigenvalue weighted by Crippen LogP contribution is -2.38. The monoisotopic (exact) mass is 279 g/mol. The summed E-state index contributed by atoms with van der Waals surface area (Å²) >= 11 is 0. The van der Waals surface area contributed by atoms with Crippen LogP contribution in [0.5, 0.6) is 11.5 Å². The van der Waals surface area contributed by atoms with Crippen molar-refractivity contribution in [2.24, 2.45) is 0 Å². The van der Waals surface area contributed by atoms with Gasteiger partial charge in [-0.05, 0) is 32.5 Å². The first-order valence-corrected chi connectivity index (χ1v) is 6.83. The van der Waals surface area contributed by atoms with Gasteiger partial charge in [-0.3, -0.25) is 4.79 Å². The zero-order valence-electron chi connectivity index (χ0n) is 12.0. The molecule has 0 saturated carbocycles. The summed E-state index contributed by atoms with van der Waals surface area (Å²) in [5, 5.41) is 8.93. The van der Waals surface area contributed by atoms with Gasteiger partial charge in [-0.25, -0.2) is 0 Å². The number of carboxylic acids is 1. The second kappa shape index (κ2) is 6.61. The Labute approximate surface area is 119 Å². The van der Waals surface area contributed by atoms with E-state index < -0.39 is 5.97 Å². The van der Waals surface area contributed by atoms with Crippen molar-refractivity contribution in [2.75, 3.05) is 27.2 Å². The van der Waals surface area contributed by atoms with Gasteiger partial charge in [0.25, 0.3) is 0 Å². The molecule has 0 bridgehead atoms. The van der Waals surface area contributed by atoms with E-state index in [9.17, 15) is 4.79 Å². The van der Waals surface area contributed by atoms with E-state index in [4.69, 9.17) is 14.6 Å². The lowest BCUT2D eigenvalue weighted by Gasteiger charge is -2.30. The van der Waals surface area contributed by atoms with Crippen LogP contribution in [0.1, 0.15) is 18.4 Å². The standard InChI is InChI=1S/C15H21NO4/c1-16-8-4-6-12(10-16)20-13-7-3-5-11(9-14(17)18)15(13)19-2/h3,5,7,12H,4,6,8-10H2,1-2H3,(H,17,18). The number of likely N-dealkylation sites (N-methyl/N-ethyl adjacent to an activating group) is 1. The molecule has 1 heterocycles. The Morgan fingerprint density at radius 3 is 2.95 bits per heavy atom. The Morgan fingerprint density at radius 1 is 1.50 bits per heavy atom. The molecule has 0 radical (unpaired) electrons. The van der Waals surface area contributed by atoms with E-state index >= 15 is 0 Å². The van der Waals surface area contributed by atoms with Crippen LogP contribution < -0.4 is 9.47 Å². The van der Waals surface area contributed by atoms with Gasteiger partial charge in [0.1, 0.15) is 6.10 Å². The number of carbonyl (C=O) groups is 1. The third kappa shape index (κ3) is 3.63. The average molecular weight is 279 g/mol. The van der Waals surface area contributed by atoms with Gasteiger partial charge < -0.3 is 19.5 Å². The summed E-state index contributed by atoms with van der Waals surface area (Å²) in [6.07, 6.45) is 2.18. The molecule has 0 aliphatic carbocycles. The van der Waals surface area contributed by atoms with Crippen molar-refractivity contribution in [3.05, 3.63) is 23.8 Å². The minimum Gasteiger partial charge on any atom is -0.493 e. The number of carboxylic acid groups (broad SMARTS) is 1. The quantitative estimate of drug-likeness (QED) is 0.890. The first-order chi connectivity index (χ1) is 9.60. The van der Waals surface area contributed by atoms with Gasteiger partial charge >= 0.3 is 5.97 Å². The van der Waals surface area contributed by atoms with Crippen molar-refractivity contribution in [1.29, 1.82) is 0 Å². The van der Waals surface area contributed by atoms with Crippen molar-refractivity contribution in [3.63, 3.8) is 0 Å². The highest BCUT2D eigenvalue weighted by Gasteiger charge is 2.21. The summed E-state index contributed by atoms with van der Waals surface area (Å²) in [6, 6.07) is 5.40. The highest BCUT2D eigenvalue weighted by molar-refractivity contribution is 5.72. The second-order valence-electron chi connectivity index (χ2n) is 5.16. The molecular formula is C15H21NO4. The van der Waals surface area contributed by atoms with Gasteiger partial charge in [0, 0.05) is 12.1 Å². The van der Waals surface area contributed by atoms with Gasteiger partial charge in [0.2, 0.25) is 0 Å². The van der Waals surface area contributed by atoms with Crippen LogP contribution in [0.15, 0.2) is 18.2 Å². The fourth-order valence-electron chi connectivity index (χ4n) is 2.58. The predicted molar refractivity (Wildman–Crippen MR) is 75.5 cm³/mol. The molecule has 2 rings (SSSR count).